The van der Waals surface area contributed by atoms with Crippen molar-refractivity contribution in [2.24, 2.45) is 0 Å². The Kier molecular flexibility index (Phi) is 10.7. The molecular formula is C43H43F3N12O4S. The van der Waals surface area contributed by atoms with Gasteiger partial charge in [0.2, 0.25) is 5.91 Å². The zero-order valence-corrected chi connectivity index (χ0v) is 34.9. The highest BCUT2D eigenvalue weighted by Gasteiger charge is 2.48. The van der Waals surface area contributed by atoms with E-state index in [1.54, 1.807) is 41.0 Å². The van der Waals surface area contributed by atoms with Crippen LogP contribution in [-0.4, -0.2) is 121 Å². The number of imide groups is 1. The van der Waals surface area contributed by atoms with Crippen LogP contribution in [0.4, 0.5) is 34.6 Å². The Morgan fingerprint density at radius 2 is 1.76 bits per heavy atom. The van der Waals surface area contributed by atoms with Crippen LogP contribution in [0.25, 0.3) is 11.1 Å². The highest BCUT2D eigenvalue weighted by molar-refractivity contribution is 7.13. The fourth-order valence-corrected chi connectivity index (χ4v) is 10.0. The predicted molar refractivity (Wildman–Crippen MR) is 226 cm³/mol. The molecule has 2 N–H and O–H groups in total. The molecule has 3 fully saturated rings. The third-order valence-corrected chi connectivity index (χ3v) is 13.4. The Bertz CT molecular complexity index is 2570. The van der Waals surface area contributed by atoms with Crippen LogP contribution in [0.3, 0.4) is 0 Å². The molecule has 63 heavy (non-hydrogen) atoms. The first-order chi connectivity index (χ1) is 30.5. The van der Waals surface area contributed by atoms with Crippen LogP contribution in [-0.2, 0) is 35.6 Å². The van der Waals surface area contributed by atoms with Crippen molar-refractivity contribution in [3.63, 3.8) is 0 Å². The van der Waals surface area contributed by atoms with Gasteiger partial charge in [0.25, 0.3) is 17.7 Å². The number of alkyl halides is 2. The first-order valence-corrected chi connectivity index (χ1v) is 21.9. The average Bonchev–Trinajstić information content (AvgIpc) is 4.10. The summed E-state index contributed by atoms with van der Waals surface area (Å²) in [6.45, 7) is 3.15. The second kappa shape index (κ2) is 16.5. The second-order valence-corrected chi connectivity index (χ2v) is 17.4. The van der Waals surface area contributed by atoms with Gasteiger partial charge >= 0.3 is 6.03 Å². The summed E-state index contributed by atoms with van der Waals surface area (Å²) in [5.41, 5.74) is 4.44. The molecule has 5 aliphatic rings. The van der Waals surface area contributed by atoms with Crippen molar-refractivity contribution in [3.8, 4) is 11.1 Å². The molecule has 2 aromatic carbocycles. The number of aromatic nitrogens is 5. The minimum atomic E-state index is -2.95. The zero-order chi connectivity index (χ0) is 43.4. The number of amides is 5. The van der Waals surface area contributed by atoms with Crippen molar-refractivity contribution in [2.75, 3.05) is 60.9 Å². The number of imidazole rings is 1. The van der Waals surface area contributed by atoms with Gasteiger partial charge in [-0.1, -0.05) is 12.1 Å². The van der Waals surface area contributed by atoms with Crippen LogP contribution < -0.4 is 20.4 Å². The number of piperazine rings is 1. The number of benzene rings is 2. The molecule has 5 aromatic rings. The van der Waals surface area contributed by atoms with Gasteiger partial charge in [-0.25, -0.2) is 27.9 Å². The van der Waals surface area contributed by atoms with Crippen molar-refractivity contribution in [3.05, 3.63) is 100 Å². The summed E-state index contributed by atoms with van der Waals surface area (Å²) in [6.07, 6.45) is 5.33. The van der Waals surface area contributed by atoms with Crippen LogP contribution >= 0.6 is 11.3 Å². The molecule has 10 rings (SSSR count). The lowest BCUT2D eigenvalue weighted by Gasteiger charge is -2.46. The number of anilines is 3. The largest absolute Gasteiger partial charge is 0.369 e. The van der Waals surface area contributed by atoms with Crippen LogP contribution in [0.5, 0.6) is 0 Å². The van der Waals surface area contributed by atoms with Crippen LogP contribution in [0.15, 0.2) is 66.4 Å². The van der Waals surface area contributed by atoms with Crippen LogP contribution in [0.2, 0.25) is 0 Å². The molecule has 5 aliphatic heterocycles. The highest BCUT2D eigenvalue weighted by Crippen LogP contribution is 2.39. The maximum Gasteiger partial charge on any atom is 0.329 e. The average molecular weight is 881 g/mol. The standard InChI is InChI=1S/C43H43F3N12O4S/c44-32-21-27(20-30-31(32)23-58(40(30)61)38(39(60)50-41-47-11-19-63-41)37-33-2-1-12-56(33)25-48-37)26-3-6-29(7-4-26)54-15-17-55(18-16-54)34-9-13-53(24-43(34,45)46)22-28-5-8-35(52-51-28)57-14-10-36(59)49-42(57)62/h3-8,11,19-21,25,34,38H,1-2,9-10,12-18,22-24H2,(H,47,50,60)(H,49,59,62). The zero-order valence-electron chi connectivity index (χ0n) is 34.1. The molecule has 0 aliphatic carbocycles. The van der Waals surface area contributed by atoms with Crippen molar-refractivity contribution in [1.29, 1.82) is 0 Å². The molecule has 5 amide bonds. The monoisotopic (exact) mass is 880 g/mol. The summed E-state index contributed by atoms with van der Waals surface area (Å²) in [5.74, 6) is -4.47. The molecule has 20 heteroatoms. The maximum absolute atomic E-state index is 15.9. The number of halogens is 3. The van der Waals surface area contributed by atoms with E-state index in [0.29, 0.717) is 66.8 Å². The number of thiazole rings is 1. The van der Waals surface area contributed by atoms with E-state index in [0.717, 1.165) is 30.8 Å². The maximum atomic E-state index is 15.9. The molecule has 326 valence electrons. The van der Waals surface area contributed by atoms with E-state index in [2.05, 4.69) is 35.7 Å². The number of carbonyl (C=O) groups is 4. The van der Waals surface area contributed by atoms with Gasteiger partial charge in [-0.05, 0) is 66.8 Å². The van der Waals surface area contributed by atoms with Gasteiger partial charge in [-0.3, -0.25) is 39.7 Å². The summed E-state index contributed by atoms with van der Waals surface area (Å²) in [5, 5.41) is 15.5. The molecule has 3 saturated heterocycles. The molecule has 0 saturated carbocycles. The lowest BCUT2D eigenvalue weighted by molar-refractivity contribution is -0.129. The van der Waals surface area contributed by atoms with E-state index in [-0.39, 0.29) is 48.9 Å². The molecule has 16 nitrogen and oxygen atoms in total. The normalized spacial score (nSPS) is 20.8. The molecule has 2 atom stereocenters. The summed E-state index contributed by atoms with van der Waals surface area (Å²) in [7, 11) is 0. The topological polar surface area (TPSA) is 165 Å². The Hall–Kier alpha value is -6.25. The van der Waals surface area contributed by atoms with Crippen molar-refractivity contribution in [1.82, 2.24) is 44.7 Å². The lowest BCUT2D eigenvalue weighted by Crippen LogP contribution is -2.61. The molecule has 2 unspecified atom stereocenters. The minimum absolute atomic E-state index is 0.0868. The van der Waals surface area contributed by atoms with E-state index in [1.807, 2.05) is 33.7 Å². The molecule has 0 radical (unpaired) electrons. The van der Waals surface area contributed by atoms with E-state index in [1.165, 1.54) is 27.2 Å². The van der Waals surface area contributed by atoms with Gasteiger partial charge in [-0.15, -0.1) is 16.4 Å². The third-order valence-electron chi connectivity index (χ3n) is 12.7. The number of fused-ring (bicyclic) bond motifs is 2. The first kappa shape index (κ1) is 40.8. The first-order valence-electron chi connectivity index (χ1n) is 21.0. The van der Waals surface area contributed by atoms with E-state index >= 15 is 13.2 Å². The molecule has 8 heterocycles. The van der Waals surface area contributed by atoms with Gasteiger partial charge in [0, 0.05) is 92.9 Å². The Morgan fingerprint density at radius 1 is 0.937 bits per heavy atom. The number of piperidine rings is 1. The SMILES string of the molecule is O=C1CCN(c2ccc(CN3CCC(N4CCN(c5ccc(-c6cc(F)c7c(c6)C(=O)N(C(C(=O)Nc6nccs6)c6ncn8c6CCC8)C7)cc5)CC4)C(F)(F)C3)nn2)C(=O)N1. The van der Waals surface area contributed by atoms with Crippen LogP contribution in [0.1, 0.15) is 58.3 Å². The van der Waals surface area contributed by atoms with E-state index in [4.69, 9.17) is 0 Å². The highest BCUT2D eigenvalue weighted by atomic mass is 32.1. The quantitative estimate of drug-likeness (QED) is 0.200. The van der Waals surface area contributed by atoms with E-state index in [9.17, 15) is 19.2 Å². The number of carbonyl (C=O) groups excluding carboxylic acids is 4. The number of nitrogens with zero attached hydrogens (tertiary/aromatic N) is 10. The molecular weight excluding hydrogens is 838 g/mol. The van der Waals surface area contributed by atoms with Gasteiger partial charge in [0.05, 0.1) is 36.8 Å². The van der Waals surface area contributed by atoms with Crippen molar-refractivity contribution < 1.29 is 32.3 Å². The predicted octanol–water partition coefficient (Wildman–Crippen LogP) is 4.70. The van der Waals surface area contributed by atoms with Gasteiger partial charge < -0.3 is 14.4 Å². The summed E-state index contributed by atoms with van der Waals surface area (Å²) in [6, 6.07) is 11.4. The molecule has 0 bridgehead atoms. The number of likely N-dealkylation sites (tertiary alicyclic amines) is 1. The summed E-state index contributed by atoms with van der Waals surface area (Å²) < 4.78 is 49.4. The number of hydrogen-bond acceptors (Lipinski definition) is 12. The lowest BCUT2D eigenvalue weighted by atomic mass is 9.97. The minimum Gasteiger partial charge on any atom is -0.369 e. The number of hydrogen-bond donors (Lipinski definition) is 2. The number of rotatable bonds is 10. The number of nitrogens with one attached hydrogen (secondary N) is 2. The fraction of sp³-hybridized carbons (Fsp3) is 0.395. The number of urea groups is 1. The summed E-state index contributed by atoms with van der Waals surface area (Å²) >= 11 is 1.26. The van der Waals surface area contributed by atoms with Crippen molar-refractivity contribution >= 4 is 51.7 Å². The Labute approximate surface area is 363 Å². The van der Waals surface area contributed by atoms with Crippen LogP contribution in [0, 0.1) is 5.82 Å². The summed E-state index contributed by atoms with van der Waals surface area (Å²) in [4.78, 5) is 68.7. The van der Waals surface area contributed by atoms with Gasteiger partial charge in [0.15, 0.2) is 17.0 Å². The Balaban J connectivity index is 0.762. The third kappa shape index (κ3) is 7.90. The fourth-order valence-electron chi connectivity index (χ4n) is 9.50. The number of aryl methyl sites for hydroxylation is 1. The van der Waals surface area contributed by atoms with Crippen molar-refractivity contribution in [2.45, 2.75) is 63.3 Å². The molecule has 3 aromatic heterocycles. The smallest absolute Gasteiger partial charge is 0.329 e. The molecule has 0 spiro atoms. The second-order valence-electron chi connectivity index (χ2n) is 16.5. The van der Waals surface area contributed by atoms with Gasteiger partial charge in [0.1, 0.15) is 5.82 Å². The van der Waals surface area contributed by atoms with Gasteiger partial charge in [-0.2, -0.15) is 5.10 Å². The Morgan fingerprint density at radius 3 is 2.49 bits per heavy atom. The van der Waals surface area contributed by atoms with E-state index < -0.39 is 48.2 Å².